The standard InChI is InChI=1S/C14H12N2O3S/c1-9-7-15-14-16(9)11(12(20-14)13(17)18)8-19-10-5-3-2-4-6-10/h2-7H,8H2,1H3,(H,17,18). The molecule has 3 aromatic rings. The molecule has 0 unspecified atom stereocenters. The molecule has 6 heteroatoms. The number of aromatic carboxylic acids is 1. The van der Waals surface area contributed by atoms with Crippen LogP contribution in [-0.2, 0) is 6.61 Å². The van der Waals surface area contributed by atoms with E-state index in [0.29, 0.717) is 16.4 Å². The van der Waals surface area contributed by atoms with Gasteiger partial charge in [-0.15, -0.1) is 0 Å². The highest BCUT2D eigenvalue weighted by atomic mass is 32.1. The number of carbonyl (C=O) groups is 1. The summed E-state index contributed by atoms with van der Waals surface area (Å²) in [6, 6.07) is 9.33. The molecule has 0 fully saturated rings. The summed E-state index contributed by atoms with van der Waals surface area (Å²) in [5.74, 6) is -0.243. The number of benzene rings is 1. The van der Waals surface area contributed by atoms with Crippen LogP contribution in [0.15, 0.2) is 36.5 Å². The number of rotatable bonds is 4. The number of ether oxygens (including phenoxy) is 1. The number of para-hydroxylation sites is 1. The number of hydrogen-bond donors (Lipinski definition) is 1. The van der Waals surface area contributed by atoms with Crippen molar-refractivity contribution in [2.75, 3.05) is 0 Å². The molecule has 0 aliphatic carbocycles. The molecule has 0 spiro atoms. The Morgan fingerprint density at radius 3 is 2.85 bits per heavy atom. The molecule has 0 atom stereocenters. The molecular weight excluding hydrogens is 276 g/mol. The zero-order valence-corrected chi connectivity index (χ0v) is 11.6. The zero-order valence-electron chi connectivity index (χ0n) is 10.7. The van der Waals surface area contributed by atoms with E-state index in [2.05, 4.69) is 4.98 Å². The minimum absolute atomic E-state index is 0.197. The highest BCUT2D eigenvalue weighted by molar-refractivity contribution is 7.19. The third-order valence-electron chi connectivity index (χ3n) is 2.94. The second-order valence-electron chi connectivity index (χ2n) is 4.30. The first-order valence-electron chi connectivity index (χ1n) is 6.03. The summed E-state index contributed by atoms with van der Waals surface area (Å²) in [5, 5.41) is 9.29. The molecule has 3 rings (SSSR count). The lowest BCUT2D eigenvalue weighted by Crippen LogP contribution is -2.06. The summed E-state index contributed by atoms with van der Waals surface area (Å²) in [6.07, 6.45) is 1.73. The first-order chi connectivity index (χ1) is 9.66. The van der Waals surface area contributed by atoms with Gasteiger partial charge < -0.3 is 9.84 Å². The van der Waals surface area contributed by atoms with Gasteiger partial charge >= 0.3 is 5.97 Å². The lowest BCUT2D eigenvalue weighted by molar-refractivity contribution is 0.0698. The van der Waals surface area contributed by atoms with Gasteiger partial charge in [0, 0.05) is 11.9 Å². The molecule has 1 aromatic carbocycles. The van der Waals surface area contributed by atoms with Gasteiger partial charge in [-0.25, -0.2) is 9.78 Å². The fourth-order valence-corrected chi connectivity index (χ4v) is 3.02. The lowest BCUT2D eigenvalue weighted by atomic mass is 10.3. The van der Waals surface area contributed by atoms with Crippen molar-refractivity contribution in [3.05, 3.63) is 52.8 Å². The Kier molecular flexibility index (Phi) is 3.15. The fourth-order valence-electron chi connectivity index (χ4n) is 2.03. The molecule has 0 bridgehead atoms. The second-order valence-corrected chi connectivity index (χ2v) is 5.28. The van der Waals surface area contributed by atoms with E-state index < -0.39 is 5.97 Å². The number of nitrogens with zero attached hydrogens (tertiary/aromatic N) is 2. The van der Waals surface area contributed by atoms with Crippen LogP contribution in [0.3, 0.4) is 0 Å². The SMILES string of the molecule is Cc1cnc2sc(C(=O)O)c(COc3ccccc3)n12. The fraction of sp³-hybridized carbons (Fsp3) is 0.143. The van der Waals surface area contributed by atoms with Gasteiger partial charge in [0.05, 0.1) is 5.69 Å². The molecule has 0 aliphatic heterocycles. The molecule has 0 aliphatic rings. The molecule has 2 heterocycles. The molecule has 0 radical (unpaired) electrons. The van der Waals surface area contributed by atoms with Gasteiger partial charge in [0.25, 0.3) is 0 Å². The maximum absolute atomic E-state index is 11.3. The van der Waals surface area contributed by atoms with Gasteiger partial charge in [-0.2, -0.15) is 0 Å². The van der Waals surface area contributed by atoms with Crippen LogP contribution in [0.4, 0.5) is 0 Å². The van der Waals surface area contributed by atoms with Crippen molar-refractivity contribution >= 4 is 22.3 Å². The van der Waals surface area contributed by atoms with Gasteiger partial charge in [0.1, 0.15) is 17.2 Å². The van der Waals surface area contributed by atoms with Gasteiger partial charge in [-0.3, -0.25) is 4.40 Å². The van der Waals surface area contributed by atoms with Gasteiger partial charge in [-0.1, -0.05) is 29.5 Å². The van der Waals surface area contributed by atoms with Crippen LogP contribution in [0.1, 0.15) is 21.1 Å². The average Bonchev–Trinajstić information content (AvgIpc) is 2.98. The van der Waals surface area contributed by atoms with Crippen LogP contribution in [0, 0.1) is 6.92 Å². The number of carboxylic acids is 1. The Labute approximate surface area is 119 Å². The molecule has 0 amide bonds. The molecule has 20 heavy (non-hydrogen) atoms. The molecule has 0 saturated heterocycles. The molecule has 1 N–H and O–H groups in total. The highest BCUT2D eigenvalue weighted by Crippen LogP contribution is 2.25. The van der Waals surface area contributed by atoms with Crippen LogP contribution in [-0.4, -0.2) is 20.5 Å². The van der Waals surface area contributed by atoms with Crippen molar-refractivity contribution in [2.45, 2.75) is 13.5 Å². The zero-order chi connectivity index (χ0) is 14.1. The van der Waals surface area contributed by atoms with E-state index in [-0.39, 0.29) is 11.5 Å². The third kappa shape index (κ3) is 2.14. The van der Waals surface area contributed by atoms with Crippen LogP contribution < -0.4 is 4.74 Å². The number of fused-ring (bicyclic) bond motifs is 1. The van der Waals surface area contributed by atoms with Crippen molar-refractivity contribution in [3.8, 4) is 5.75 Å². The molecular formula is C14H12N2O3S. The Balaban J connectivity index is 1.98. The van der Waals surface area contributed by atoms with E-state index in [1.165, 1.54) is 0 Å². The molecule has 102 valence electrons. The van der Waals surface area contributed by atoms with Crippen molar-refractivity contribution in [2.24, 2.45) is 0 Å². The maximum atomic E-state index is 11.3. The summed E-state index contributed by atoms with van der Waals surface area (Å²) in [5.41, 5.74) is 1.52. The topological polar surface area (TPSA) is 63.8 Å². The van der Waals surface area contributed by atoms with E-state index in [1.807, 2.05) is 41.7 Å². The molecule has 5 nitrogen and oxygen atoms in total. The Bertz CT molecular complexity index is 761. The number of imidazole rings is 1. The van der Waals surface area contributed by atoms with Crippen LogP contribution >= 0.6 is 11.3 Å². The number of aromatic nitrogens is 2. The molecule has 2 aromatic heterocycles. The van der Waals surface area contributed by atoms with Gasteiger partial charge in [0.2, 0.25) is 0 Å². The van der Waals surface area contributed by atoms with Crippen molar-refractivity contribution in [1.29, 1.82) is 0 Å². The van der Waals surface area contributed by atoms with Gasteiger partial charge in [-0.05, 0) is 19.1 Å². The van der Waals surface area contributed by atoms with Crippen molar-refractivity contribution in [3.63, 3.8) is 0 Å². The van der Waals surface area contributed by atoms with E-state index in [9.17, 15) is 9.90 Å². The minimum atomic E-state index is -0.952. The summed E-state index contributed by atoms with van der Waals surface area (Å²) >= 11 is 1.16. The van der Waals surface area contributed by atoms with E-state index in [4.69, 9.17) is 4.74 Å². The number of hydrogen-bond acceptors (Lipinski definition) is 4. The Morgan fingerprint density at radius 1 is 1.40 bits per heavy atom. The average molecular weight is 288 g/mol. The highest BCUT2D eigenvalue weighted by Gasteiger charge is 2.20. The van der Waals surface area contributed by atoms with Crippen molar-refractivity contribution < 1.29 is 14.6 Å². The predicted octanol–water partition coefficient (Wildman–Crippen LogP) is 2.98. The summed E-state index contributed by atoms with van der Waals surface area (Å²) in [4.78, 5) is 16.5. The quantitative estimate of drug-likeness (QED) is 0.801. The summed E-state index contributed by atoms with van der Waals surface area (Å²) < 4.78 is 7.50. The largest absolute Gasteiger partial charge is 0.487 e. The van der Waals surface area contributed by atoms with Crippen LogP contribution in [0.2, 0.25) is 0 Å². The third-order valence-corrected chi connectivity index (χ3v) is 4.03. The van der Waals surface area contributed by atoms with Gasteiger partial charge in [0.15, 0.2) is 4.96 Å². The van der Waals surface area contributed by atoms with E-state index in [0.717, 1.165) is 17.0 Å². The van der Waals surface area contributed by atoms with Crippen molar-refractivity contribution in [1.82, 2.24) is 9.38 Å². The second kappa shape index (κ2) is 4.97. The Morgan fingerprint density at radius 2 is 2.15 bits per heavy atom. The van der Waals surface area contributed by atoms with E-state index >= 15 is 0 Å². The molecule has 0 saturated carbocycles. The monoisotopic (exact) mass is 288 g/mol. The normalized spacial score (nSPS) is 10.8. The Hall–Kier alpha value is -2.34. The number of thiazole rings is 1. The first kappa shape index (κ1) is 12.7. The number of aryl methyl sites for hydroxylation is 1. The van der Waals surface area contributed by atoms with Crippen LogP contribution in [0.5, 0.6) is 5.75 Å². The van der Waals surface area contributed by atoms with E-state index in [1.54, 1.807) is 6.20 Å². The van der Waals surface area contributed by atoms with Crippen LogP contribution in [0.25, 0.3) is 4.96 Å². The maximum Gasteiger partial charge on any atom is 0.347 e. The predicted molar refractivity (Wildman–Crippen MR) is 75.5 cm³/mol. The summed E-state index contributed by atoms with van der Waals surface area (Å²) in [7, 11) is 0. The lowest BCUT2D eigenvalue weighted by Gasteiger charge is -2.07. The smallest absolute Gasteiger partial charge is 0.347 e. The number of carboxylic acid groups (broad SMARTS) is 1. The first-order valence-corrected chi connectivity index (χ1v) is 6.85. The minimum Gasteiger partial charge on any atom is -0.487 e. The summed E-state index contributed by atoms with van der Waals surface area (Å²) in [6.45, 7) is 2.09.